The second-order valence-electron chi connectivity index (χ2n) is 16.4. The number of pyridine rings is 2. The monoisotopic (exact) mass is 812 g/mol. The number of piperazine rings is 1. The average Bonchev–Trinajstić information content (AvgIpc) is 3.75. The first kappa shape index (κ1) is 39.3. The van der Waals surface area contributed by atoms with Crippen molar-refractivity contribution in [2.45, 2.75) is 70.1 Å². The molecule has 16 heteroatoms. The Labute approximate surface area is 348 Å². The number of carbonyl (C=O) groups excluding carboxylic acids is 2. The van der Waals surface area contributed by atoms with Gasteiger partial charge in [0.25, 0.3) is 5.56 Å². The highest BCUT2D eigenvalue weighted by Crippen LogP contribution is 2.38. The van der Waals surface area contributed by atoms with Crippen LogP contribution in [-0.4, -0.2) is 103 Å². The van der Waals surface area contributed by atoms with Crippen LogP contribution in [0.15, 0.2) is 78.4 Å². The summed E-state index contributed by atoms with van der Waals surface area (Å²) in [6.45, 7) is 13.1. The van der Waals surface area contributed by atoms with Crippen LogP contribution in [0, 0.1) is 5.92 Å². The molecular weight excluding hydrogens is 761 g/mol. The van der Waals surface area contributed by atoms with Crippen LogP contribution in [0.1, 0.15) is 56.7 Å². The van der Waals surface area contributed by atoms with Crippen molar-refractivity contribution in [3.63, 3.8) is 0 Å². The number of allylic oxidation sites excluding steroid dienone is 1. The third kappa shape index (κ3) is 7.84. The van der Waals surface area contributed by atoms with Crippen LogP contribution in [-0.2, 0) is 28.2 Å². The van der Waals surface area contributed by atoms with E-state index in [0.717, 1.165) is 82.0 Å². The summed E-state index contributed by atoms with van der Waals surface area (Å²) in [6.07, 6.45) is 10.1. The molecule has 1 aromatic carbocycles. The number of benzene rings is 1. The minimum absolute atomic E-state index is 0.225. The molecule has 4 aromatic heterocycles. The maximum atomic E-state index is 13.5. The molecule has 2 atom stereocenters. The topological polar surface area (TPSA) is 179 Å². The zero-order valence-corrected chi connectivity index (χ0v) is 34.0. The molecule has 1 unspecified atom stereocenters. The Morgan fingerprint density at radius 1 is 0.883 bits per heavy atom. The number of carbonyl (C=O) groups is 2. The maximum Gasteiger partial charge on any atom is 0.278 e. The van der Waals surface area contributed by atoms with Gasteiger partial charge in [0.05, 0.1) is 24.1 Å². The fourth-order valence-electron chi connectivity index (χ4n) is 9.09. The Hall–Kier alpha value is -6.13. The lowest BCUT2D eigenvalue weighted by Gasteiger charge is -2.40. The van der Waals surface area contributed by atoms with Gasteiger partial charge in [-0.1, -0.05) is 19.1 Å². The molecule has 312 valence electrons. The number of amides is 2. The molecule has 16 nitrogen and oxygen atoms in total. The molecule has 0 spiro atoms. The van der Waals surface area contributed by atoms with Crippen molar-refractivity contribution in [3.05, 3.63) is 95.2 Å². The summed E-state index contributed by atoms with van der Waals surface area (Å²) in [4.78, 5) is 63.3. The molecule has 9 rings (SSSR count). The first-order chi connectivity index (χ1) is 29.2. The van der Waals surface area contributed by atoms with Crippen LogP contribution in [0.25, 0.3) is 16.9 Å². The molecule has 3 fully saturated rings. The summed E-state index contributed by atoms with van der Waals surface area (Å²) < 4.78 is 3.26. The highest BCUT2D eigenvalue weighted by molar-refractivity contribution is 6.01. The summed E-state index contributed by atoms with van der Waals surface area (Å²) in [5.74, 6) is 1.64. The normalized spacial score (nSPS) is 21.3. The Bertz CT molecular complexity index is 2450. The molecule has 1 aliphatic carbocycles. The lowest BCUT2D eigenvalue weighted by atomic mass is 9.95. The molecule has 5 aromatic rings. The number of hydrogen-bond donors (Lipinski definition) is 4. The number of fused-ring (bicyclic) bond motifs is 2. The second-order valence-corrected chi connectivity index (χ2v) is 16.4. The number of aliphatic hydroxyl groups is 1. The standard InChI is InChI=1S/C44H52N12O4/c1-3-19-55-42(59)34-27-46-43(51-40(34)56(55)37-13-5-30-15-18-44(60,4-2)39(30)49-37)47-31-6-8-32(9-7-31)54-24-22-52(23-25-54)28-29-16-20-53(21-17-29)33-10-12-36(45-26-33)48-35-11-14-38(57)50-41(35)58/h3,5-10,12-13,26-27,29,35,60H,1,4,11,14-25,28H2,2H3,(H,45,48)(H,46,47,51)(H,50,57,58)/t35?,44-/m1/s1. The third-order valence-corrected chi connectivity index (χ3v) is 12.7. The minimum atomic E-state index is -0.990. The van der Waals surface area contributed by atoms with Gasteiger partial charge in [-0.3, -0.25) is 24.6 Å². The first-order valence-electron chi connectivity index (χ1n) is 21.2. The third-order valence-electron chi connectivity index (χ3n) is 12.7. The number of anilines is 5. The average molecular weight is 813 g/mol. The van der Waals surface area contributed by atoms with Gasteiger partial charge in [0.1, 0.15) is 22.8 Å². The Morgan fingerprint density at radius 3 is 2.37 bits per heavy atom. The van der Waals surface area contributed by atoms with E-state index in [1.54, 1.807) is 21.6 Å². The zero-order chi connectivity index (χ0) is 41.4. The molecule has 0 saturated carbocycles. The second kappa shape index (κ2) is 16.5. The van der Waals surface area contributed by atoms with E-state index < -0.39 is 11.6 Å². The number of imide groups is 1. The maximum absolute atomic E-state index is 13.5. The molecule has 3 saturated heterocycles. The van der Waals surface area contributed by atoms with Crippen molar-refractivity contribution in [2.24, 2.45) is 5.92 Å². The summed E-state index contributed by atoms with van der Waals surface area (Å²) in [5.41, 5.74) is 3.98. The van der Waals surface area contributed by atoms with E-state index in [2.05, 4.69) is 65.4 Å². The molecule has 2 amide bonds. The fraction of sp³-hybridized carbons (Fsp3) is 0.432. The predicted molar refractivity (Wildman–Crippen MR) is 231 cm³/mol. The van der Waals surface area contributed by atoms with Gasteiger partial charge in [-0.15, -0.1) is 6.58 Å². The smallest absolute Gasteiger partial charge is 0.278 e. The molecule has 0 bridgehead atoms. The van der Waals surface area contributed by atoms with Crippen LogP contribution in [0.3, 0.4) is 0 Å². The molecule has 0 radical (unpaired) electrons. The van der Waals surface area contributed by atoms with Crippen LogP contribution in [0.4, 0.5) is 28.8 Å². The zero-order valence-electron chi connectivity index (χ0n) is 34.0. The summed E-state index contributed by atoms with van der Waals surface area (Å²) >= 11 is 0. The SMILES string of the molecule is C=CCn1c(=O)c2cnc(Nc3ccc(N4CCN(CC5CCN(c6ccc(NC7CCC(=O)NC7=O)nc6)CC5)CC4)cc3)nc2n1-c1ccc2c(n1)[C@@](O)(CC)CC2. The predicted octanol–water partition coefficient (Wildman–Crippen LogP) is 4.10. The molecule has 4 aliphatic rings. The fourth-order valence-corrected chi connectivity index (χ4v) is 9.09. The van der Waals surface area contributed by atoms with E-state index >= 15 is 0 Å². The molecule has 4 N–H and O–H groups in total. The molecular formula is C44H52N12O4. The van der Waals surface area contributed by atoms with E-state index in [1.165, 1.54) is 5.69 Å². The Kier molecular flexibility index (Phi) is 10.8. The summed E-state index contributed by atoms with van der Waals surface area (Å²) in [5, 5.41) is 20.5. The summed E-state index contributed by atoms with van der Waals surface area (Å²) in [7, 11) is 0. The van der Waals surface area contributed by atoms with Crippen molar-refractivity contribution in [2.75, 3.05) is 66.2 Å². The van der Waals surface area contributed by atoms with Crippen molar-refractivity contribution in [1.29, 1.82) is 0 Å². The van der Waals surface area contributed by atoms with Crippen molar-refractivity contribution in [3.8, 4) is 5.82 Å². The van der Waals surface area contributed by atoms with Gasteiger partial charge in [0.2, 0.25) is 17.8 Å². The Balaban J connectivity index is 0.780. The van der Waals surface area contributed by atoms with Crippen LogP contribution in [0.5, 0.6) is 0 Å². The van der Waals surface area contributed by atoms with Crippen molar-refractivity contribution >= 4 is 51.7 Å². The van der Waals surface area contributed by atoms with Gasteiger partial charge in [-0.25, -0.2) is 24.3 Å². The van der Waals surface area contributed by atoms with Crippen LogP contribution < -0.4 is 31.3 Å². The van der Waals surface area contributed by atoms with E-state index in [0.29, 0.717) is 65.9 Å². The van der Waals surface area contributed by atoms with E-state index in [9.17, 15) is 19.5 Å². The molecule has 60 heavy (non-hydrogen) atoms. The van der Waals surface area contributed by atoms with Gasteiger partial charge in [-0.05, 0) is 92.5 Å². The van der Waals surface area contributed by atoms with Gasteiger partial charge in [0, 0.05) is 69.8 Å². The first-order valence-corrected chi connectivity index (χ1v) is 21.2. The van der Waals surface area contributed by atoms with Crippen molar-refractivity contribution in [1.82, 2.24) is 39.5 Å². The van der Waals surface area contributed by atoms with Gasteiger partial charge in [-0.2, -0.15) is 4.98 Å². The van der Waals surface area contributed by atoms with Gasteiger partial charge in [0.15, 0.2) is 11.5 Å². The number of aryl methyl sites for hydroxylation is 1. The largest absolute Gasteiger partial charge is 0.384 e. The lowest BCUT2D eigenvalue weighted by Crippen LogP contribution is -2.49. The van der Waals surface area contributed by atoms with E-state index in [1.807, 2.05) is 43.5 Å². The van der Waals surface area contributed by atoms with Crippen LogP contribution >= 0.6 is 0 Å². The number of nitrogens with one attached hydrogen (secondary N) is 3. The number of piperidine rings is 2. The van der Waals surface area contributed by atoms with E-state index in [-0.39, 0.29) is 23.9 Å². The van der Waals surface area contributed by atoms with Crippen molar-refractivity contribution < 1.29 is 14.7 Å². The van der Waals surface area contributed by atoms with Crippen LogP contribution in [0.2, 0.25) is 0 Å². The highest BCUT2D eigenvalue weighted by Gasteiger charge is 2.37. The highest BCUT2D eigenvalue weighted by atomic mass is 16.3. The number of hydrogen-bond acceptors (Lipinski definition) is 13. The number of rotatable bonds is 12. The quantitative estimate of drug-likeness (QED) is 0.105. The molecule has 3 aliphatic heterocycles. The number of nitrogens with zero attached hydrogens (tertiary/aromatic N) is 9. The summed E-state index contributed by atoms with van der Waals surface area (Å²) in [6, 6.07) is 15.7. The lowest BCUT2D eigenvalue weighted by molar-refractivity contribution is -0.133. The van der Waals surface area contributed by atoms with Gasteiger partial charge >= 0.3 is 0 Å². The Morgan fingerprint density at radius 2 is 1.65 bits per heavy atom. The molecule has 7 heterocycles. The number of aromatic nitrogens is 6. The minimum Gasteiger partial charge on any atom is -0.384 e. The van der Waals surface area contributed by atoms with E-state index in [4.69, 9.17) is 9.97 Å². The van der Waals surface area contributed by atoms with Gasteiger partial charge < -0.3 is 25.5 Å².